The Morgan fingerprint density at radius 3 is 2.79 bits per heavy atom. The molecule has 1 heterocycles. The Labute approximate surface area is 111 Å². The van der Waals surface area contributed by atoms with Crippen molar-refractivity contribution in [1.29, 1.82) is 0 Å². The smallest absolute Gasteiger partial charge is 0.350 e. The Hall–Kier alpha value is -1.88. The lowest BCUT2D eigenvalue weighted by atomic mass is 9.85. The highest BCUT2D eigenvalue weighted by atomic mass is 16.6. The van der Waals surface area contributed by atoms with E-state index in [0.29, 0.717) is 6.42 Å². The molecule has 1 aliphatic heterocycles. The minimum absolute atomic E-state index is 0.0169. The molecule has 0 spiro atoms. The molecular weight excluding hydrogens is 248 g/mol. The van der Waals surface area contributed by atoms with Crippen LogP contribution in [0.2, 0.25) is 0 Å². The van der Waals surface area contributed by atoms with Crippen LogP contribution in [0.5, 0.6) is 0 Å². The Balaban J connectivity index is 2.20. The highest BCUT2D eigenvalue weighted by molar-refractivity contribution is 6.05. The molecule has 5 heteroatoms. The summed E-state index contributed by atoms with van der Waals surface area (Å²) in [6.07, 6.45) is 0.377. The topological polar surface area (TPSA) is 72.8 Å². The van der Waals surface area contributed by atoms with E-state index in [1.165, 1.54) is 0 Å². The molecule has 102 valence electrons. The van der Waals surface area contributed by atoms with Gasteiger partial charge in [-0.3, -0.25) is 0 Å². The first kappa shape index (κ1) is 13.5. The Kier molecular flexibility index (Phi) is 3.85. The van der Waals surface area contributed by atoms with Crippen molar-refractivity contribution in [1.82, 2.24) is 0 Å². The van der Waals surface area contributed by atoms with Gasteiger partial charge in [0.25, 0.3) is 5.60 Å². The molecule has 2 rings (SSSR count). The Morgan fingerprint density at radius 2 is 2.16 bits per heavy atom. The molecule has 1 aromatic rings. The fourth-order valence-electron chi connectivity index (χ4n) is 2.17. The van der Waals surface area contributed by atoms with Gasteiger partial charge < -0.3 is 14.6 Å². The van der Waals surface area contributed by atoms with Crippen molar-refractivity contribution in [3.8, 4) is 0 Å². The zero-order valence-electron chi connectivity index (χ0n) is 10.7. The molecule has 1 fully saturated rings. The van der Waals surface area contributed by atoms with Crippen LogP contribution < -0.4 is 0 Å². The molecule has 1 saturated heterocycles. The van der Waals surface area contributed by atoms with Gasteiger partial charge in [-0.1, -0.05) is 30.3 Å². The second-order valence-corrected chi connectivity index (χ2v) is 4.47. The van der Waals surface area contributed by atoms with Crippen molar-refractivity contribution in [2.45, 2.75) is 18.9 Å². The van der Waals surface area contributed by atoms with Gasteiger partial charge in [-0.05, 0) is 18.9 Å². The number of ether oxygens (including phenoxy) is 2. The molecule has 0 bridgehead atoms. The van der Waals surface area contributed by atoms with Crippen LogP contribution in [-0.4, -0.2) is 35.9 Å². The number of aliphatic hydroxyl groups is 1. The summed E-state index contributed by atoms with van der Waals surface area (Å²) in [5.74, 6) is -2.48. The first-order valence-corrected chi connectivity index (χ1v) is 6.19. The quantitative estimate of drug-likeness (QED) is 0.640. The zero-order valence-corrected chi connectivity index (χ0v) is 10.7. The lowest BCUT2D eigenvalue weighted by Crippen LogP contribution is -2.50. The van der Waals surface area contributed by atoms with E-state index in [1.807, 2.05) is 30.3 Å². The molecular formula is C14H16O5. The molecule has 0 saturated carbocycles. The summed E-state index contributed by atoms with van der Waals surface area (Å²) in [7, 11) is 0. The average Bonchev–Trinajstić information content (AvgIpc) is 2.70. The maximum Gasteiger partial charge on any atom is 0.350 e. The van der Waals surface area contributed by atoms with Gasteiger partial charge >= 0.3 is 11.9 Å². The van der Waals surface area contributed by atoms with Gasteiger partial charge in [0.15, 0.2) is 0 Å². The fraction of sp³-hybridized carbons (Fsp3) is 0.429. The van der Waals surface area contributed by atoms with Crippen LogP contribution >= 0.6 is 0 Å². The van der Waals surface area contributed by atoms with E-state index in [-0.39, 0.29) is 13.2 Å². The molecule has 1 N–H and O–H groups in total. The summed E-state index contributed by atoms with van der Waals surface area (Å²) < 4.78 is 9.61. The Bertz CT molecular complexity index is 470. The molecule has 2 atom stereocenters. The summed E-state index contributed by atoms with van der Waals surface area (Å²) >= 11 is 0. The molecule has 0 amide bonds. The standard InChI is InChI=1S/C14H16O5/c1-2-18-12(15)14(17)11(9-19-13(14)16)8-10-6-4-3-5-7-10/h3-7,11,17H,2,8-9H2,1H3/t11-,14+/m1/s1. The molecule has 0 aromatic heterocycles. The predicted molar refractivity (Wildman–Crippen MR) is 66.2 cm³/mol. The summed E-state index contributed by atoms with van der Waals surface area (Å²) in [4.78, 5) is 23.4. The van der Waals surface area contributed by atoms with Gasteiger partial charge in [0.1, 0.15) is 0 Å². The van der Waals surface area contributed by atoms with Crippen molar-refractivity contribution in [2.75, 3.05) is 13.2 Å². The van der Waals surface area contributed by atoms with Crippen molar-refractivity contribution in [3.05, 3.63) is 35.9 Å². The molecule has 5 nitrogen and oxygen atoms in total. The minimum Gasteiger partial charge on any atom is -0.463 e. The van der Waals surface area contributed by atoms with Gasteiger partial charge in [-0.15, -0.1) is 0 Å². The van der Waals surface area contributed by atoms with E-state index in [2.05, 4.69) is 0 Å². The van der Waals surface area contributed by atoms with Crippen molar-refractivity contribution in [2.24, 2.45) is 5.92 Å². The summed E-state index contributed by atoms with van der Waals surface area (Å²) in [6.45, 7) is 1.74. The highest BCUT2D eigenvalue weighted by Gasteiger charge is 2.58. The predicted octanol–water partition coefficient (Wildman–Crippen LogP) is 0.696. The number of cyclic esters (lactones) is 1. The number of carbonyl (C=O) groups is 2. The molecule has 1 aliphatic rings. The normalized spacial score (nSPS) is 26.0. The van der Waals surface area contributed by atoms with Crippen LogP contribution in [0.4, 0.5) is 0 Å². The van der Waals surface area contributed by atoms with Crippen LogP contribution in [0.3, 0.4) is 0 Å². The first-order valence-electron chi connectivity index (χ1n) is 6.19. The van der Waals surface area contributed by atoms with E-state index < -0.39 is 23.5 Å². The lowest BCUT2D eigenvalue weighted by molar-refractivity contribution is -0.177. The SMILES string of the molecule is CCOC(=O)[C@]1(O)C(=O)OC[C@H]1Cc1ccccc1. The lowest BCUT2D eigenvalue weighted by Gasteiger charge is -2.22. The highest BCUT2D eigenvalue weighted by Crippen LogP contribution is 2.31. The van der Waals surface area contributed by atoms with Crippen LogP contribution in [0, 0.1) is 5.92 Å². The van der Waals surface area contributed by atoms with E-state index in [1.54, 1.807) is 6.92 Å². The summed E-state index contributed by atoms with van der Waals surface area (Å²) in [6, 6.07) is 9.33. The third kappa shape index (κ3) is 2.46. The maximum atomic E-state index is 11.8. The van der Waals surface area contributed by atoms with Crippen LogP contribution in [0.25, 0.3) is 0 Å². The van der Waals surface area contributed by atoms with Crippen LogP contribution in [-0.2, 0) is 25.5 Å². The molecule has 0 radical (unpaired) electrons. The maximum absolute atomic E-state index is 11.8. The van der Waals surface area contributed by atoms with Crippen LogP contribution in [0.1, 0.15) is 12.5 Å². The largest absolute Gasteiger partial charge is 0.463 e. The number of carbonyl (C=O) groups excluding carboxylic acids is 2. The fourth-order valence-corrected chi connectivity index (χ4v) is 2.17. The van der Waals surface area contributed by atoms with Crippen molar-refractivity contribution in [3.63, 3.8) is 0 Å². The second-order valence-electron chi connectivity index (χ2n) is 4.47. The third-order valence-electron chi connectivity index (χ3n) is 3.23. The first-order chi connectivity index (χ1) is 9.09. The van der Waals surface area contributed by atoms with E-state index in [0.717, 1.165) is 5.56 Å². The van der Waals surface area contributed by atoms with E-state index in [9.17, 15) is 14.7 Å². The van der Waals surface area contributed by atoms with Crippen molar-refractivity contribution >= 4 is 11.9 Å². The van der Waals surface area contributed by atoms with Gasteiger partial charge in [0.05, 0.1) is 13.2 Å². The minimum atomic E-state index is -2.19. The summed E-state index contributed by atoms with van der Waals surface area (Å²) in [5, 5.41) is 10.3. The van der Waals surface area contributed by atoms with Crippen molar-refractivity contribution < 1.29 is 24.2 Å². The number of rotatable bonds is 4. The molecule has 1 aromatic carbocycles. The zero-order chi connectivity index (χ0) is 13.9. The van der Waals surface area contributed by atoms with Gasteiger partial charge in [-0.2, -0.15) is 0 Å². The third-order valence-corrected chi connectivity index (χ3v) is 3.23. The number of hydrogen-bond donors (Lipinski definition) is 1. The van der Waals surface area contributed by atoms with E-state index >= 15 is 0 Å². The molecule has 19 heavy (non-hydrogen) atoms. The van der Waals surface area contributed by atoms with E-state index in [4.69, 9.17) is 9.47 Å². The molecule has 0 aliphatic carbocycles. The average molecular weight is 264 g/mol. The summed E-state index contributed by atoms with van der Waals surface area (Å²) in [5.41, 5.74) is -1.26. The van der Waals surface area contributed by atoms with Crippen LogP contribution in [0.15, 0.2) is 30.3 Å². The number of esters is 2. The second kappa shape index (κ2) is 5.40. The van der Waals surface area contributed by atoms with Gasteiger partial charge in [-0.25, -0.2) is 9.59 Å². The van der Waals surface area contributed by atoms with Gasteiger partial charge in [0.2, 0.25) is 0 Å². The van der Waals surface area contributed by atoms with Gasteiger partial charge in [0, 0.05) is 5.92 Å². The monoisotopic (exact) mass is 264 g/mol. The number of benzene rings is 1. The Morgan fingerprint density at radius 1 is 1.47 bits per heavy atom. The number of hydrogen-bond acceptors (Lipinski definition) is 5. The molecule has 0 unspecified atom stereocenters.